The predicted octanol–water partition coefficient (Wildman–Crippen LogP) is 3.94. The molecule has 1 fully saturated rings. The highest BCUT2D eigenvalue weighted by atomic mass is 35.5. The largest absolute Gasteiger partial charge is 0.376 e. The number of carbonyl (C=O) groups is 1. The van der Waals surface area contributed by atoms with E-state index in [4.69, 9.17) is 27.9 Å². The number of benzene rings is 1. The summed E-state index contributed by atoms with van der Waals surface area (Å²) in [5.74, 6) is 0.0210. The van der Waals surface area contributed by atoms with Crippen LogP contribution in [-0.4, -0.2) is 35.1 Å². The van der Waals surface area contributed by atoms with Gasteiger partial charge in [-0.2, -0.15) is 0 Å². The zero-order valence-corrected chi connectivity index (χ0v) is 15.2. The highest BCUT2D eigenvalue weighted by molar-refractivity contribution is 6.35. The van der Waals surface area contributed by atoms with Crippen LogP contribution >= 0.6 is 23.2 Å². The number of hydrogen-bond donors (Lipinski definition) is 2. The molecule has 0 saturated carbocycles. The van der Waals surface area contributed by atoms with Crippen LogP contribution in [0.15, 0.2) is 24.3 Å². The van der Waals surface area contributed by atoms with Crippen LogP contribution in [0.1, 0.15) is 29.0 Å². The first-order valence-electron chi connectivity index (χ1n) is 7.99. The van der Waals surface area contributed by atoms with Gasteiger partial charge in [-0.3, -0.25) is 4.79 Å². The molecule has 25 heavy (non-hydrogen) atoms. The normalized spacial score (nSPS) is 16.7. The monoisotopic (exact) mass is 380 g/mol. The standard InChI is InChI=1S/C17H18Cl2N4O2/c1-10-7-15(16(24)22-14-8-11(18)4-5-13(14)19)23-17(21-10)20-9-12-3-2-6-25-12/h4-5,7-8,12H,2-3,6,9H2,1H3,(H,22,24)(H,20,21,23). The fourth-order valence-corrected chi connectivity index (χ4v) is 2.89. The van der Waals surface area contributed by atoms with Crippen molar-refractivity contribution in [3.8, 4) is 0 Å². The molecule has 6 nitrogen and oxygen atoms in total. The zero-order valence-electron chi connectivity index (χ0n) is 13.7. The van der Waals surface area contributed by atoms with E-state index in [1.807, 2.05) is 6.92 Å². The minimum Gasteiger partial charge on any atom is -0.376 e. The topological polar surface area (TPSA) is 76.1 Å². The smallest absolute Gasteiger partial charge is 0.274 e. The van der Waals surface area contributed by atoms with E-state index in [0.717, 1.165) is 19.4 Å². The third kappa shape index (κ3) is 4.81. The summed E-state index contributed by atoms with van der Waals surface area (Å²) >= 11 is 12.0. The highest BCUT2D eigenvalue weighted by Crippen LogP contribution is 2.25. The lowest BCUT2D eigenvalue weighted by Gasteiger charge is -2.12. The lowest BCUT2D eigenvalue weighted by molar-refractivity contribution is 0.102. The van der Waals surface area contributed by atoms with E-state index in [1.54, 1.807) is 24.3 Å². The highest BCUT2D eigenvalue weighted by Gasteiger charge is 2.17. The number of carbonyl (C=O) groups excluding carboxylic acids is 1. The average Bonchev–Trinajstić information content (AvgIpc) is 3.09. The lowest BCUT2D eigenvalue weighted by atomic mass is 10.2. The van der Waals surface area contributed by atoms with Crippen molar-refractivity contribution in [1.29, 1.82) is 0 Å². The third-order valence-corrected chi connectivity index (χ3v) is 4.34. The van der Waals surface area contributed by atoms with Gasteiger partial charge in [0.15, 0.2) is 0 Å². The van der Waals surface area contributed by atoms with E-state index in [1.165, 1.54) is 0 Å². The van der Waals surface area contributed by atoms with E-state index >= 15 is 0 Å². The first-order valence-corrected chi connectivity index (χ1v) is 8.74. The van der Waals surface area contributed by atoms with Crippen LogP contribution < -0.4 is 10.6 Å². The van der Waals surface area contributed by atoms with Crippen molar-refractivity contribution < 1.29 is 9.53 Å². The summed E-state index contributed by atoms with van der Waals surface area (Å²) in [5, 5.41) is 6.74. The van der Waals surface area contributed by atoms with Crippen LogP contribution in [0.2, 0.25) is 10.0 Å². The van der Waals surface area contributed by atoms with Gasteiger partial charge in [0.25, 0.3) is 5.91 Å². The predicted molar refractivity (Wildman–Crippen MR) is 98.6 cm³/mol. The van der Waals surface area contributed by atoms with Crippen molar-refractivity contribution in [3.05, 3.63) is 45.7 Å². The van der Waals surface area contributed by atoms with Crippen LogP contribution in [0.25, 0.3) is 0 Å². The summed E-state index contributed by atoms with van der Waals surface area (Å²) in [4.78, 5) is 21.1. The molecule has 0 aliphatic carbocycles. The number of halogens is 2. The quantitative estimate of drug-likeness (QED) is 0.821. The third-order valence-electron chi connectivity index (χ3n) is 3.78. The second-order valence-corrected chi connectivity index (χ2v) is 6.66. The van der Waals surface area contributed by atoms with E-state index in [0.29, 0.717) is 33.9 Å². The first-order chi connectivity index (χ1) is 12.0. The molecule has 1 aromatic heterocycles. The van der Waals surface area contributed by atoms with E-state index in [9.17, 15) is 4.79 Å². The number of amides is 1. The first kappa shape index (κ1) is 17.9. The Morgan fingerprint density at radius 1 is 1.32 bits per heavy atom. The molecule has 1 aliphatic heterocycles. The van der Waals surface area contributed by atoms with Crippen LogP contribution in [0.3, 0.4) is 0 Å². The Kier molecular flexibility index (Phi) is 5.73. The average molecular weight is 381 g/mol. The van der Waals surface area contributed by atoms with Crippen molar-refractivity contribution in [2.75, 3.05) is 23.8 Å². The molecule has 2 heterocycles. The maximum absolute atomic E-state index is 12.5. The molecule has 0 spiro atoms. The number of hydrogen-bond acceptors (Lipinski definition) is 5. The summed E-state index contributed by atoms with van der Waals surface area (Å²) in [5.41, 5.74) is 1.37. The van der Waals surface area contributed by atoms with Gasteiger partial charge in [0.05, 0.1) is 16.8 Å². The Balaban J connectivity index is 1.72. The van der Waals surface area contributed by atoms with E-state index in [-0.39, 0.29) is 17.7 Å². The molecule has 132 valence electrons. The molecule has 1 unspecified atom stereocenters. The molecule has 1 saturated heterocycles. The fraction of sp³-hybridized carbons (Fsp3) is 0.353. The van der Waals surface area contributed by atoms with Gasteiger partial charge in [-0.1, -0.05) is 23.2 Å². The number of aryl methyl sites for hydroxylation is 1. The van der Waals surface area contributed by atoms with E-state index < -0.39 is 0 Å². The number of ether oxygens (including phenoxy) is 1. The van der Waals surface area contributed by atoms with Crippen molar-refractivity contribution in [2.45, 2.75) is 25.9 Å². The van der Waals surface area contributed by atoms with Crippen LogP contribution in [0, 0.1) is 6.92 Å². The van der Waals surface area contributed by atoms with Gasteiger partial charge in [0.2, 0.25) is 5.95 Å². The molecule has 2 N–H and O–H groups in total. The zero-order chi connectivity index (χ0) is 17.8. The van der Waals surface area contributed by atoms with Crippen LogP contribution in [0.4, 0.5) is 11.6 Å². The number of rotatable bonds is 5. The number of anilines is 2. The SMILES string of the molecule is Cc1cc(C(=O)Nc2cc(Cl)ccc2Cl)nc(NCC2CCCO2)n1. The van der Waals surface area contributed by atoms with Crippen molar-refractivity contribution in [1.82, 2.24) is 9.97 Å². The van der Waals surface area contributed by atoms with Crippen LogP contribution in [0.5, 0.6) is 0 Å². The summed E-state index contributed by atoms with van der Waals surface area (Å²) in [6.45, 7) is 3.21. The molecule has 0 radical (unpaired) electrons. The Morgan fingerprint density at radius 3 is 2.92 bits per heavy atom. The van der Waals surface area contributed by atoms with Crippen LogP contribution in [-0.2, 0) is 4.74 Å². The van der Waals surface area contributed by atoms with Crippen molar-refractivity contribution >= 4 is 40.7 Å². The molecule has 3 rings (SSSR count). The summed E-state index contributed by atoms with van der Waals surface area (Å²) in [6, 6.07) is 6.48. The molecule has 2 aromatic rings. The van der Waals surface area contributed by atoms with Gasteiger partial charge >= 0.3 is 0 Å². The van der Waals surface area contributed by atoms with Crippen molar-refractivity contribution in [3.63, 3.8) is 0 Å². The molecule has 1 atom stereocenters. The summed E-state index contributed by atoms with van der Waals surface area (Å²) in [7, 11) is 0. The van der Waals surface area contributed by atoms with Gasteiger partial charge in [0.1, 0.15) is 5.69 Å². The molecule has 1 aromatic carbocycles. The molecule has 8 heteroatoms. The molecule has 1 aliphatic rings. The summed E-state index contributed by atoms with van der Waals surface area (Å²) in [6.07, 6.45) is 2.24. The van der Waals surface area contributed by atoms with Gasteiger partial charge in [-0.25, -0.2) is 9.97 Å². The maximum atomic E-state index is 12.5. The number of nitrogens with one attached hydrogen (secondary N) is 2. The van der Waals surface area contributed by atoms with Gasteiger partial charge in [0, 0.05) is 23.9 Å². The van der Waals surface area contributed by atoms with Gasteiger partial charge in [-0.05, 0) is 44.0 Å². The summed E-state index contributed by atoms with van der Waals surface area (Å²) < 4.78 is 5.56. The second kappa shape index (κ2) is 7.99. The molecular formula is C17H18Cl2N4O2. The van der Waals surface area contributed by atoms with E-state index in [2.05, 4.69) is 20.6 Å². The fourth-order valence-electron chi connectivity index (χ4n) is 2.55. The minimum absolute atomic E-state index is 0.159. The molecule has 0 bridgehead atoms. The Labute approximate surface area is 155 Å². The van der Waals surface area contributed by atoms with Crippen molar-refractivity contribution in [2.24, 2.45) is 0 Å². The molecular weight excluding hydrogens is 363 g/mol. The minimum atomic E-state index is -0.380. The number of nitrogens with zero attached hydrogens (tertiary/aromatic N) is 2. The Hall–Kier alpha value is -1.89. The Morgan fingerprint density at radius 2 is 2.16 bits per heavy atom. The van der Waals surface area contributed by atoms with Gasteiger partial charge in [-0.15, -0.1) is 0 Å². The molecule has 1 amide bonds. The maximum Gasteiger partial charge on any atom is 0.274 e. The van der Waals surface area contributed by atoms with Gasteiger partial charge < -0.3 is 15.4 Å². The Bertz CT molecular complexity index is 779. The number of aromatic nitrogens is 2. The lowest BCUT2D eigenvalue weighted by Crippen LogP contribution is -2.21. The second-order valence-electron chi connectivity index (χ2n) is 5.81.